The van der Waals surface area contributed by atoms with E-state index in [1.54, 1.807) is 7.11 Å². The molecule has 2 rings (SSSR count). The van der Waals surface area contributed by atoms with Gasteiger partial charge in [0.15, 0.2) is 0 Å². The largest absolute Gasteiger partial charge is 0.497 e. The highest BCUT2D eigenvalue weighted by atomic mass is 16.5. The maximum atomic E-state index is 11.7. The second-order valence-electron chi connectivity index (χ2n) is 5.48. The first-order chi connectivity index (χ1) is 11.1. The van der Waals surface area contributed by atoms with Crippen molar-refractivity contribution in [2.24, 2.45) is 0 Å². The van der Waals surface area contributed by atoms with Gasteiger partial charge in [0.05, 0.1) is 20.6 Å². The zero-order valence-corrected chi connectivity index (χ0v) is 13.8. The minimum absolute atomic E-state index is 0.126. The second kappa shape index (κ2) is 8.34. The third-order valence-corrected chi connectivity index (χ3v) is 3.77. The molecule has 0 amide bonds. The standard InChI is InChI=1S/C19H23NO3/c1-14-7-9-15(10-8-14)13-20-18(12-19(21)23-3)16-5-4-6-17(11-16)22-2/h4-11,18,20H,12-13H2,1-3H3. The van der Waals surface area contributed by atoms with E-state index in [-0.39, 0.29) is 18.4 Å². The Morgan fingerprint density at radius 1 is 1.13 bits per heavy atom. The molecule has 0 aliphatic carbocycles. The molecule has 0 spiro atoms. The zero-order valence-electron chi connectivity index (χ0n) is 13.8. The molecular weight excluding hydrogens is 290 g/mol. The van der Waals surface area contributed by atoms with Crippen LogP contribution in [-0.4, -0.2) is 20.2 Å². The van der Waals surface area contributed by atoms with E-state index in [2.05, 4.69) is 36.5 Å². The molecule has 0 fully saturated rings. The maximum Gasteiger partial charge on any atom is 0.307 e. The normalized spacial score (nSPS) is 11.8. The fourth-order valence-corrected chi connectivity index (χ4v) is 2.36. The molecule has 1 N–H and O–H groups in total. The smallest absolute Gasteiger partial charge is 0.307 e. The first-order valence-corrected chi connectivity index (χ1v) is 7.62. The van der Waals surface area contributed by atoms with Gasteiger partial charge in [-0.2, -0.15) is 0 Å². The van der Waals surface area contributed by atoms with E-state index in [1.165, 1.54) is 18.2 Å². The van der Waals surface area contributed by atoms with Crippen LogP contribution in [0.4, 0.5) is 0 Å². The lowest BCUT2D eigenvalue weighted by Crippen LogP contribution is -2.24. The summed E-state index contributed by atoms with van der Waals surface area (Å²) in [6, 6.07) is 15.9. The van der Waals surface area contributed by atoms with E-state index >= 15 is 0 Å². The van der Waals surface area contributed by atoms with Gasteiger partial charge in [0.1, 0.15) is 5.75 Å². The average molecular weight is 313 g/mol. The molecule has 4 heteroatoms. The molecule has 2 aromatic rings. The molecule has 0 radical (unpaired) electrons. The number of benzene rings is 2. The van der Waals surface area contributed by atoms with Gasteiger partial charge in [-0.25, -0.2) is 0 Å². The summed E-state index contributed by atoms with van der Waals surface area (Å²) >= 11 is 0. The van der Waals surface area contributed by atoms with Crippen LogP contribution in [0, 0.1) is 6.92 Å². The highest BCUT2D eigenvalue weighted by molar-refractivity contribution is 5.70. The third-order valence-electron chi connectivity index (χ3n) is 3.77. The van der Waals surface area contributed by atoms with Crippen LogP contribution in [0.1, 0.15) is 29.2 Å². The van der Waals surface area contributed by atoms with Crippen LogP contribution in [-0.2, 0) is 16.1 Å². The van der Waals surface area contributed by atoms with Gasteiger partial charge in [0, 0.05) is 12.6 Å². The Labute approximate surface area is 137 Å². The van der Waals surface area contributed by atoms with Crippen molar-refractivity contribution in [3.63, 3.8) is 0 Å². The second-order valence-corrected chi connectivity index (χ2v) is 5.48. The van der Waals surface area contributed by atoms with Crippen molar-refractivity contribution in [2.75, 3.05) is 14.2 Å². The zero-order chi connectivity index (χ0) is 16.7. The number of methoxy groups -OCH3 is 2. The number of ether oxygens (including phenoxy) is 2. The first kappa shape index (κ1) is 17.0. The van der Waals surface area contributed by atoms with E-state index in [4.69, 9.17) is 9.47 Å². The van der Waals surface area contributed by atoms with Crippen LogP contribution in [0.2, 0.25) is 0 Å². The summed E-state index contributed by atoms with van der Waals surface area (Å²) in [4.78, 5) is 11.7. The Morgan fingerprint density at radius 3 is 2.52 bits per heavy atom. The summed E-state index contributed by atoms with van der Waals surface area (Å²) in [5, 5.41) is 3.43. The molecule has 1 unspecified atom stereocenters. The lowest BCUT2D eigenvalue weighted by Gasteiger charge is -2.19. The monoisotopic (exact) mass is 313 g/mol. The molecule has 122 valence electrons. The Balaban J connectivity index is 2.12. The summed E-state index contributed by atoms with van der Waals surface area (Å²) in [6.45, 7) is 2.74. The van der Waals surface area contributed by atoms with E-state index in [0.717, 1.165) is 11.3 Å². The van der Waals surface area contributed by atoms with Crippen molar-refractivity contribution >= 4 is 5.97 Å². The van der Waals surface area contributed by atoms with Crippen LogP contribution >= 0.6 is 0 Å². The lowest BCUT2D eigenvalue weighted by atomic mass is 10.0. The molecule has 0 saturated heterocycles. The van der Waals surface area contributed by atoms with Crippen LogP contribution in [0.25, 0.3) is 0 Å². The fourth-order valence-electron chi connectivity index (χ4n) is 2.36. The van der Waals surface area contributed by atoms with Gasteiger partial charge in [-0.1, -0.05) is 42.0 Å². The molecule has 0 saturated carbocycles. The van der Waals surface area contributed by atoms with Gasteiger partial charge in [0.25, 0.3) is 0 Å². The molecule has 23 heavy (non-hydrogen) atoms. The number of rotatable bonds is 7. The highest BCUT2D eigenvalue weighted by Gasteiger charge is 2.16. The fraction of sp³-hybridized carbons (Fsp3) is 0.316. The Kier molecular flexibility index (Phi) is 6.18. The lowest BCUT2D eigenvalue weighted by molar-refractivity contribution is -0.141. The number of carbonyl (C=O) groups excluding carboxylic acids is 1. The molecule has 0 aliphatic rings. The maximum absolute atomic E-state index is 11.7. The first-order valence-electron chi connectivity index (χ1n) is 7.62. The molecular formula is C19H23NO3. The number of hydrogen-bond donors (Lipinski definition) is 1. The number of carbonyl (C=O) groups is 1. The van der Waals surface area contributed by atoms with E-state index in [0.29, 0.717) is 6.54 Å². The molecule has 2 aromatic carbocycles. The number of nitrogens with one attached hydrogen (secondary N) is 1. The average Bonchev–Trinajstić information content (AvgIpc) is 2.59. The molecule has 4 nitrogen and oxygen atoms in total. The van der Waals surface area contributed by atoms with Gasteiger partial charge in [-0.15, -0.1) is 0 Å². The quantitative estimate of drug-likeness (QED) is 0.796. The van der Waals surface area contributed by atoms with Crippen molar-refractivity contribution < 1.29 is 14.3 Å². The van der Waals surface area contributed by atoms with Gasteiger partial charge >= 0.3 is 5.97 Å². The van der Waals surface area contributed by atoms with Crippen molar-refractivity contribution in [2.45, 2.75) is 25.9 Å². The Bertz CT molecular complexity index is 637. The SMILES string of the molecule is COC(=O)CC(NCc1ccc(C)cc1)c1cccc(OC)c1. The topological polar surface area (TPSA) is 47.6 Å². The van der Waals surface area contributed by atoms with Crippen LogP contribution in [0.3, 0.4) is 0 Å². The van der Waals surface area contributed by atoms with Crippen LogP contribution in [0.5, 0.6) is 5.75 Å². The third kappa shape index (κ3) is 5.11. The van der Waals surface area contributed by atoms with Gasteiger partial charge in [-0.05, 0) is 30.2 Å². The minimum Gasteiger partial charge on any atom is -0.497 e. The van der Waals surface area contributed by atoms with Gasteiger partial charge in [-0.3, -0.25) is 4.79 Å². The Hall–Kier alpha value is -2.33. The van der Waals surface area contributed by atoms with E-state index in [1.807, 2.05) is 24.3 Å². The van der Waals surface area contributed by atoms with E-state index < -0.39 is 0 Å². The predicted molar refractivity (Wildman–Crippen MR) is 90.4 cm³/mol. The summed E-state index contributed by atoms with van der Waals surface area (Å²) in [6.07, 6.45) is 0.273. The molecule has 0 aliphatic heterocycles. The van der Waals surface area contributed by atoms with Crippen molar-refractivity contribution in [3.8, 4) is 5.75 Å². The molecule has 1 atom stereocenters. The molecule has 0 aromatic heterocycles. The van der Waals surface area contributed by atoms with Crippen molar-refractivity contribution in [3.05, 3.63) is 65.2 Å². The number of aryl methyl sites for hydroxylation is 1. The van der Waals surface area contributed by atoms with Crippen LogP contribution < -0.4 is 10.1 Å². The predicted octanol–water partition coefficient (Wildman–Crippen LogP) is 3.40. The van der Waals surface area contributed by atoms with Crippen molar-refractivity contribution in [1.29, 1.82) is 0 Å². The molecule has 0 heterocycles. The number of hydrogen-bond acceptors (Lipinski definition) is 4. The van der Waals surface area contributed by atoms with Gasteiger partial charge in [0.2, 0.25) is 0 Å². The highest BCUT2D eigenvalue weighted by Crippen LogP contribution is 2.22. The van der Waals surface area contributed by atoms with Crippen molar-refractivity contribution in [1.82, 2.24) is 5.32 Å². The summed E-state index contributed by atoms with van der Waals surface area (Å²) in [7, 11) is 3.04. The minimum atomic E-state index is -0.241. The van der Waals surface area contributed by atoms with Gasteiger partial charge < -0.3 is 14.8 Å². The Morgan fingerprint density at radius 2 is 1.87 bits per heavy atom. The molecule has 0 bridgehead atoms. The summed E-state index contributed by atoms with van der Waals surface area (Å²) in [5.41, 5.74) is 3.41. The van der Waals surface area contributed by atoms with E-state index in [9.17, 15) is 4.79 Å². The van der Waals surface area contributed by atoms with Crippen LogP contribution in [0.15, 0.2) is 48.5 Å². The number of esters is 1. The summed E-state index contributed by atoms with van der Waals surface area (Å²) in [5.74, 6) is 0.531. The summed E-state index contributed by atoms with van der Waals surface area (Å²) < 4.78 is 10.1.